The average molecular weight is 319 g/mol. The minimum absolute atomic E-state index is 0.129. The molecule has 4 saturated carbocycles. The second-order valence-electron chi connectivity index (χ2n) is 7.32. The number of ketones is 1. The summed E-state index contributed by atoms with van der Waals surface area (Å²) in [5.41, 5.74) is 0. The van der Waals surface area contributed by atoms with E-state index < -0.39 is 27.1 Å². The van der Waals surface area contributed by atoms with Crippen LogP contribution in [0.4, 0.5) is 8.78 Å². The van der Waals surface area contributed by atoms with Gasteiger partial charge in [0, 0.05) is 5.92 Å². The van der Waals surface area contributed by atoms with Crippen LogP contribution < -0.4 is 0 Å². The summed E-state index contributed by atoms with van der Waals surface area (Å²) in [6.07, 6.45) is 4.55. The molecule has 0 aliphatic heterocycles. The van der Waals surface area contributed by atoms with E-state index in [4.69, 9.17) is 0 Å². The molecular formula is C14H17F2O4S-. The number of hydrogen-bond acceptors (Lipinski definition) is 4. The Morgan fingerprint density at radius 3 is 2.24 bits per heavy atom. The lowest BCUT2D eigenvalue weighted by Gasteiger charge is -2.39. The first-order valence-electron chi connectivity index (χ1n) is 7.59. The van der Waals surface area contributed by atoms with Gasteiger partial charge >= 0.3 is 5.25 Å². The van der Waals surface area contributed by atoms with E-state index in [1.54, 1.807) is 0 Å². The topological polar surface area (TPSA) is 74.3 Å². The first-order valence-corrected chi connectivity index (χ1v) is 9.00. The van der Waals surface area contributed by atoms with Crippen LogP contribution in [-0.2, 0) is 14.9 Å². The van der Waals surface area contributed by atoms with Gasteiger partial charge in [-0.1, -0.05) is 0 Å². The average Bonchev–Trinajstić information content (AvgIpc) is 3.13. The SMILES string of the molecule is O=C(C1CC2CC1C1C3CCC(C3)C21)C(F)(F)S(=O)(=O)[O-]. The van der Waals surface area contributed by atoms with Gasteiger partial charge in [-0.2, -0.15) is 8.78 Å². The zero-order valence-electron chi connectivity index (χ0n) is 11.4. The minimum Gasteiger partial charge on any atom is -0.743 e. The number of alkyl halides is 2. The molecule has 0 amide bonds. The van der Waals surface area contributed by atoms with Crippen LogP contribution in [0, 0.1) is 41.4 Å². The van der Waals surface area contributed by atoms with E-state index >= 15 is 0 Å². The molecule has 0 N–H and O–H groups in total. The number of carbonyl (C=O) groups is 1. The van der Waals surface area contributed by atoms with E-state index in [0.29, 0.717) is 30.1 Å². The van der Waals surface area contributed by atoms with E-state index in [0.717, 1.165) is 19.3 Å². The lowest BCUT2D eigenvalue weighted by atomic mass is 9.66. The van der Waals surface area contributed by atoms with E-state index in [1.165, 1.54) is 6.42 Å². The molecule has 0 spiro atoms. The van der Waals surface area contributed by atoms with Crippen LogP contribution in [0.3, 0.4) is 0 Å². The van der Waals surface area contributed by atoms with Crippen LogP contribution in [0.5, 0.6) is 0 Å². The molecule has 7 unspecified atom stereocenters. The molecule has 4 rings (SSSR count). The Kier molecular flexibility index (Phi) is 2.71. The normalized spacial score (nSPS) is 47.9. The molecule has 0 aromatic heterocycles. The van der Waals surface area contributed by atoms with Gasteiger partial charge in [-0.25, -0.2) is 8.42 Å². The third-order valence-corrected chi connectivity index (χ3v) is 7.50. The van der Waals surface area contributed by atoms with E-state index in [1.807, 2.05) is 0 Å². The number of halogens is 2. The van der Waals surface area contributed by atoms with Gasteiger partial charge in [0.25, 0.3) is 0 Å². The Bertz CT molecular complexity index is 602. The lowest BCUT2D eigenvalue weighted by molar-refractivity contribution is -0.141. The second kappa shape index (κ2) is 4.04. The molecular weight excluding hydrogens is 302 g/mol. The number of Topliss-reactive ketones (excluding diaryl/α,β-unsaturated/α-hetero) is 1. The number of hydrogen-bond donors (Lipinski definition) is 0. The van der Waals surface area contributed by atoms with Crippen molar-refractivity contribution < 1.29 is 26.5 Å². The summed E-state index contributed by atoms with van der Waals surface area (Å²) in [4.78, 5) is 12.0. The third-order valence-electron chi connectivity index (χ3n) is 6.67. The summed E-state index contributed by atoms with van der Waals surface area (Å²) < 4.78 is 59.2. The summed E-state index contributed by atoms with van der Waals surface area (Å²) >= 11 is 0. The van der Waals surface area contributed by atoms with E-state index in [-0.39, 0.29) is 11.8 Å². The maximum absolute atomic E-state index is 13.6. The predicted molar refractivity (Wildman–Crippen MR) is 67.2 cm³/mol. The van der Waals surface area contributed by atoms with Crippen LogP contribution in [0.2, 0.25) is 0 Å². The zero-order chi connectivity index (χ0) is 15.2. The highest BCUT2D eigenvalue weighted by atomic mass is 32.2. The van der Waals surface area contributed by atoms with Gasteiger partial charge in [0.2, 0.25) is 5.78 Å². The number of carbonyl (C=O) groups excluding carboxylic acids is 1. The van der Waals surface area contributed by atoms with Crippen molar-refractivity contribution in [3.8, 4) is 0 Å². The summed E-state index contributed by atoms with van der Waals surface area (Å²) in [5.74, 6) is -0.389. The first kappa shape index (κ1) is 14.1. The summed E-state index contributed by atoms with van der Waals surface area (Å²) in [5, 5.41) is -4.77. The van der Waals surface area contributed by atoms with Gasteiger partial charge in [-0.05, 0) is 67.6 Å². The maximum atomic E-state index is 13.6. The Morgan fingerprint density at radius 2 is 1.62 bits per heavy atom. The fraction of sp³-hybridized carbons (Fsp3) is 0.929. The molecule has 118 valence electrons. The summed E-state index contributed by atoms with van der Waals surface area (Å²) in [6.45, 7) is 0. The molecule has 4 aliphatic carbocycles. The van der Waals surface area contributed by atoms with Crippen molar-refractivity contribution in [1.29, 1.82) is 0 Å². The largest absolute Gasteiger partial charge is 0.743 e. The molecule has 0 saturated heterocycles. The fourth-order valence-electron chi connectivity index (χ4n) is 6.21. The molecule has 0 radical (unpaired) electrons. The van der Waals surface area contributed by atoms with Gasteiger partial charge in [0.05, 0.1) is 0 Å². The highest BCUT2D eigenvalue weighted by Gasteiger charge is 2.65. The summed E-state index contributed by atoms with van der Waals surface area (Å²) in [6, 6.07) is 0. The van der Waals surface area contributed by atoms with Gasteiger partial charge in [0.1, 0.15) is 0 Å². The minimum atomic E-state index is -5.92. The molecule has 7 heteroatoms. The van der Waals surface area contributed by atoms with E-state index in [9.17, 15) is 26.5 Å². The Labute approximate surface area is 122 Å². The molecule has 7 atom stereocenters. The molecule has 21 heavy (non-hydrogen) atoms. The van der Waals surface area contributed by atoms with Crippen molar-refractivity contribution >= 4 is 15.9 Å². The van der Waals surface area contributed by atoms with Gasteiger partial charge < -0.3 is 4.55 Å². The van der Waals surface area contributed by atoms with E-state index in [2.05, 4.69) is 0 Å². The standard InChI is InChI=1S/C14H18F2O4S/c15-14(16,21(18,19)20)13(17)10-5-8-4-9(10)12-7-2-1-6(3-7)11(8)12/h6-12H,1-5H2,(H,18,19,20)/p-1. The highest BCUT2D eigenvalue weighted by Crippen LogP contribution is 2.69. The van der Waals surface area contributed by atoms with Gasteiger partial charge in [-0.3, -0.25) is 4.79 Å². The number of rotatable bonds is 3. The fourth-order valence-corrected chi connectivity index (χ4v) is 6.60. The van der Waals surface area contributed by atoms with Crippen molar-refractivity contribution in [1.82, 2.24) is 0 Å². The van der Waals surface area contributed by atoms with Crippen LogP contribution in [0.25, 0.3) is 0 Å². The zero-order valence-corrected chi connectivity index (χ0v) is 12.2. The third kappa shape index (κ3) is 1.67. The van der Waals surface area contributed by atoms with Crippen LogP contribution in [0.15, 0.2) is 0 Å². The molecule has 4 bridgehead atoms. The molecule has 0 heterocycles. The van der Waals surface area contributed by atoms with Crippen molar-refractivity contribution in [2.75, 3.05) is 0 Å². The number of fused-ring (bicyclic) bond motifs is 9. The highest BCUT2D eigenvalue weighted by molar-refractivity contribution is 7.87. The van der Waals surface area contributed by atoms with Crippen LogP contribution in [0.1, 0.15) is 32.1 Å². The van der Waals surface area contributed by atoms with Crippen molar-refractivity contribution in [3.05, 3.63) is 0 Å². The van der Waals surface area contributed by atoms with Crippen LogP contribution >= 0.6 is 0 Å². The molecule has 4 fully saturated rings. The van der Waals surface area contributed by atoms with Crippen LogP contribution in [-0.4, -0.2) is 24.0 Å². The predicted octanol–water partition coefficient (Wildman–Crippen LogP) is 2.01. The van der Waals surface area contributed by atoms with Crippen molar-refractivity contribution in [2.24, 2.45) is 41.4 Å². The molecule has 0 aromatic carbocycles. The molecule has 0 aromatic rings. The van der Waals surface area contributed by atoms with Crippen molar-refractivity contribution in [2.45, 2.75) is 37.4 Å². The molecule has 4 aliphatic rings. The van der Waals surface area contributed by atoms with Crippen molar-refractivity contribution in [3.63, 3.8) is 0 Å². The van der Waals surface area contributed by atoms with Gasteiger partial charge in [0.15, 0.2) is 10.1 Å². The Balaban J connectivity index is 1.61. The Hall–Kier alpha value is -0.560. The first-order chi connectivity index (χ1) is 9.72. The maximum Gasteiger partial charge on any atom is 0.391 e. The lowest BCUT2D eigenvalue weighted by Crippen LogP contribution is -2.46. The second-order valence-corrected chi connectivity index (χ2v) is 8.75. The van der Waals surface area contributed by atoms with Gasteiger partial charge in [-0.15, -0.1) is 0 Å². The summed E-state index contributed by atoms with van der Waals surface area (Å²) in [7, 11) is -5.92. The smallest absolute Gasteiger partial charge is 0.391 e. The molecule has 4 nitrogen and oxygen atoms in total. The Morgan fingerprint density at radius 1 is 1.00 bits per heavy atom. The monoisotopic (exact) mass is 319 g/mol. The quantitative estimate of drug-likeness (QED) is 0.589.